The zero-order valence-electron chi connectivity index (χ0n) is 11.6. The molecule has 1 aromatic carbocycles. The van der Waals surface area contributed by atoms with E-state index >= 15 is 0 Å². The fraction of sp³-hybridized carbons (Fsp3) is 0.357. The number of hydrogen-bond donors (Lipinski definition) is 1. The molecule has 4 nitrogen and oxygen atoms in total. The Balaban J connectivity index is 2.60. The Bertz CT molecular complexity index is 599. The second kappa shape index (κ2) is 4.57. The van der Waals surface area contributed by atoms with Gasteiger partial charge in [0.2, 0.25) is 0 Å². The summed E-state index contributed by atoms with van der Waals surface area (Å²) in [6.45, 7) is 6.13. The number of anilines is 1. The Morgan fingerprint density at radius 1 is 1.32 bits per heavy atom. The topological polar surface area (TPSA) is 53.1 Å². The van der Waals surface area contributed by atoms with E-state index in [0.29, 0.717) is 11.5 Å². The number of hydrogen-bond acceptors (Lipinski definition) is 3. The van der Waals surface area contributed by atoms with E-state index in [0.717, 1.165) is 5.69 Å². The minimum Gasteiger partial charge on any atom is -0.492 e. The van der Waals surface area contributed by atoms with Crippen LogP contribution in [0.25, 0.3) is 5.69 Å². The van der Waals surface area contributed by atoms with E-state index in [2.05, 4.69) is 5.10 Å². The standard InChI is InChI=1S/C14H18FN3O/c1-14(2,3)11-8-12(16)18(17-11)10-7-5-6-9(15)13(10)19-4/h5-8H,16H2,1-4H3. The first-order chi connectivity index (χ1) is 8.84. The quantitative estimate of drug-likeness (QED) is 0.906. The molecule has 2 aromatic rings. The molecule has 0 aliphatic heterocycles. The van der Waals surface area contributed by atoms with Crippen molar-refractivity contribution in [1.82, 2.24) is 9.78 Å². The van der Waals surface area contributed by atoms with Gasteiger partial charge in [0.1, 0.15) is 11.5 Å². The van der Waals surface area contributed by atoms with Gasteiger partial charge in [-0.15, -0.1) is 0 Å². The molecule has 102 valence electrons. The van der Waals surface area contributed by atoms with Crippen molar-refractivity contribution in [2.24, 2.45) is 0 Å². The lowest BCUT2D eigenvalue weighted by Gasteiger charge is -2.14. The number of ether oxygens (including phenoxy) is 1. The summed E-state index contributed by atoms with van der Waals surface area (Å²) in [5.41, 5.74) is 7.18. The molecule has 0 bridgehead atoms. The highest BCUT2D eigenvalue weighted by atomic mass is 19.1. The van der Waals surface area contributed by atoms with Gasteiger partial charge in [-0.2, -0.15) is 5.10 Å². The van der Waals surface area contributed by atoms with Crippen LogP contribution in [0.1, 0.15) is 26.5 Å². The van der Waals surface area contributed by atoms with Crippen LogP contribution in [0.15, 0.2) is 24.3 Å². The zero-order chi connectivity index (χ0) is 14.2. The fourth-order valence-electron chi connectivity index (χ4n) is 1.82. The first-order valence-corrected chi connectivity index (χ1v) is 6.03. The lowest BCUT2D eigenvalue weighted by atomic mass is 9.92. The highest BCUT2D eigenvalue weighted by Crippen LogP contribution is 2.30. The van der Waals surface area contributed by atoms with E-state index in [4.69, 9.17) is 10.5 Å². The largest absolute Gasteiger partial charge is 0.492 e. The number of aromatic nitrogens is 2. The average molecular weight is 263 g/mol. The molecule has 2 rings (SSSR count). The number of benzene rings is 1. The Hall–Kier alpha value is -2.04. The number of nitrogens with two attached hydrogens (primary N) is 1. The molecule has 0 atom stereocenters. The Labute approximate surface area is 112 Å². The predicted octanol–water partition coefficient (Wildman–Crippen LogP) is 2.90. The summed E-state index contributed by atoms with van der Waals surface area (Å²) < 4.78 is 20.3. The van der Waals surface area contributed by atoms with E-state index in [-0.39, 0.29) is 11.2 Å². The molecule has 0 radical (unpaired) electrons. The van der Waals surface area contributed by atoms with Crippen molar-refractivity contribution in [3.63, 3.8) is 0 Å². The molecule has 0 aliphatic carbocycles. The zero-order valence-corrected chi connectivity index (χ0v) is 11.6. The number of para-hydroxylation sites is 1. The van der Waals surface area contributed by atoms with Crippen molar-refractivity contribution in [2.75, 3.05) is 12.8 Å². The van der Waals surface area contributed by atoms with E-state index in [9.17, 15) is 4.39 Å². The summed E-state index contributed by atoms with van der Waals surface area (Å²) in [7, 11) is 1.42. The molecule has 0 saturated carbocycles. The SMILES string of the molecule is COc1c(F)cccc1-n1nc(C(C)(C)C)cc1N. The van der Waals surface area contributed by atoms with Crippen LogP contribution in [0.5, 0.6) is 5.75 Å². The van der Waals surface area contributed by atoms with Gasteiger partial charge in [-0.05, 0) is 12.1 Å². The van der Waals surface area contributed by atoms with Crippen molar-refractivity contribution in [3.8, 4) is 11.4 Å². The van der Waals surface area contributed by atoms with Crippen LogP contribution in [-0.2, 0) is 5.41 Å². The molecule has 0 aliphatic rings. The molecular weight excluding hydrogens is 245 g/mol. The fourth-order valence-corrected chi connectivity index (χ4v) is 1.82. The molecule has 0 saturated heterocycles. The van der Waals surface area contributed by atoms with Gasteiger partial charge in [-0.1, -0.05) is 26.8 Å². The first-order valence-electron chi connectivity index (χ1n) is 6.03. The van der Waals surface area contributed by atoms with Crippen LogP contribution < -0.4 is 10.5 Å². The lowest BCUT2D eigenvalue weighted by molar-refractivity contribution is 0.383. The molecule has 0 amide bonds. The Morgan fingerprint density at radius 2 is 2.00 bits per heavy atom. The minimum atomic E-state index is -0.438. The number of nitrogen functional groups attached to an aromatic ring is 1. The van der Waals surface area contributed by atoms with Gasteiger partial charge in [0, 0.05) is 11.5 Å². The molecule has 19 heavy (non-hydrogen) atoms. The molecule has 1 aromatic heterocycles. The van der Waals surface area contributed by atoms with Gasteiger partial charge in [-0.25, -0.2) is 9.07 Å². The maximum absolute atomic E-state index is 13.7. The van der Waals surface area contributed by atoms with Gasteiger partial charge in [0.05, 0.1) is 12.8 Å². The second-order valence-corrected chi connectivity index (χ2v) is 5.41. The smallest absolute Gasteiger partial charge is 0.180 e. The Kier molecular flexibility index (Phi) is 3.22. The highest BCUT2D eigenvalue weighted by Gasteiger charge is 2.21. The maximum atomic E-state index is 13.7. The second-order valence-electron chi connectivity index (χ2n) is 5.41. The predicted molar refractivity (Wildman–Crippen MR) is 73.2 cm³/mol. The number of rotatable bonds is 2. The van der Waals surface area contributed by atoms with E-state index in [1.165, 1.54) is 17.9 Å². The monoisotopic (exact) mass is 263 g/mol. The van der Waals surface area contributed by atoms with Crippen molar-refractivity contribution in [1.29, 1.82) is 0 Å². The summed E-state index contributed by atoms with van der Waals surface area (Å²) >= 11 is 0. The normalized spacial score (nSPS) is 11.6. The van der Waals surface area contributed by atoms with Crippen molar-refractivity contribution < 1.29 is 9.13 Å². The summed E-state index contributed by atoms with van der Waals surface area (Å²) in [5.74, 6) is 0.152. The van der Waals surface area contributed by atoms with Gasteiger partial charge >= 0.3 is 0 Å². The third-order valence-corrected chi connectivity index (χ3v) is 2.88. The van der Waals surface area contributed by atoms with Crippen LogP contribution >= 0.6 is 0 Å². The average Bonchev–Trinajstić information content (AvgIpc) is 2.70. The molecule has 0 fully saturated rings. The summed E-state index contributed by atoms with van der Waals surface area (Å²) in [6.07, 6.45) is 0. The van der Waals surface area contributed by atoms with Crippen molar-refractivity contribution in [3.05, 3.63) is 35.8 Å². The van der Waals surface area contributed by atoms with Crippen molar-refractivity contribution in [2.45, 2.75) is 26.2 Å². The van der Waals surface area contributed by atoms with Crippen LogP contribution in [-0.4, -0.2) is 16.9 Å². The van der Waals surface area contributed by atoms with E-state index < -0.39 is 5.82 Å². The highest BCUT2D eigenvalue weighted by molar-refractivity contribution is 5.52. The lowest BCUT2D eigenvalue weighted by Crippen LogP contribution is -2.13. The molecule has 0 spiro atoms. The van der Waals surface area contributed by atoms with Gasteiger partial charge in [0.15, 0.2) is 11.6 Å². The van der Waals surface area contributed by atoms with E-state index in [1.807, 2.05) is 20.8 Å². The van der Waals surface area contributed by atoms with Gasteiger partial charge in [0.25, 0.3) is 0 Å². The molecular formula is C14H18FN3O. The summed E-state index contributed by atoms with van der Waals surface area (Å²) in [6, 6.07) is 6.46. The van der Waals surface area contributed by atoms with E-state index in [1.54, 1.807) is 18.2 Å². The number of nitrogens with zero attached hydrogens (tertiary/aromatic N) is 2. The number of methoxy groups -OCH3 is 1. The molecule has 1 heterocycles. The van der Waals surface area contributed by atoms with Crippen LogP contribution in [0.4, 0.5) is 10.2 Å². The molecule has 0 unspecified atom stereocenters. The third-order valence-electron chi connectivity index (χ3n) is 2.88. The van der Waals surface area contributed by atoms with Gasteiger partial charge in [-0.3, -0.25) is 0 Å². The number of halogens is 1. The molecule has 5 heteroatoms. The summed E-state index contributed by atoms with van der Waals surface area (Å²) in [5, 5.41) is 4.45. The van der Waals surface area contributed by atoms with Crippen LogP contribution in [0.3, 0.4) is 0 Å². The third kappa shape index (κ3) is 2.41. The minimum absolute atomic E-state index is 0.125. The Morgan fingerprint density at radius 3 is 2.53 bits per heavy atom. The van der Waals surface area contributed by atoms with Crippen LogP contribution in [0, 0.1) is 5.82 Å². The van der Waals surface area contributed by atoms with Gasteiger partial charge < -0.3 is 10.5 Å². The van der Waals surface area contributed by atoms with Crippen LogP contribution in [0.2, 0.25) is 0 Å². The maximum Gasteiger partial charge on any atom is 0.180 e. The van der Waals surface area contributed by atoms with Crippen molar-refractivity contribution >= 4 is 5.82 Å². The molecule has 2 N–H and O–H groups in total. The first kappa shape index (κ1) is 13.4. The summed E-state index contributed by atoms with van der Waals surface area (Å²) in [4.78, 5) is 0.